The zero-order valence-corrected chi connectivity index (χ0v) is 13.9. The summed E-state index contributed by atoms with van der Waals surface area (Å²) in [5.41, 5.74) is 1.58. The largest absolute Gasteiger partial charge is 0.477 e. The maximum absolute atomic E-state index is 12.3. The molecular weight excluding hydrogens is 306 g/mol. The van der Waals surface area contributed by atoms with Crippen molar-refractivity contribution < 1.29 is 9.90 Å². The molecule has 0 atom stereocenters. The highest BCUT2D eigenvalue weighted by Gasteiger charge is 2.17. The summed E-state index contributed by atoms with van der Waals surface area (Å²) < 4.78 is 1.77. The number of hydrogen-bond donors (Lipinski definition) is 2. The molecule has 1 aromatic heterocycles. The first kappa shape index (κ1) is 16.5. The van der Waals surface area contributed by atoms with Gasteiger partial charge in [-0.15, -0.1) is 0 Å². The molecule has 6 nitrogen and oxygen atoms in total. The predicted octanol–water partition coefficient (Wildman–Crippen LogP) is 1.91. The third kappa shape index (κ3) is 3.14. The molecule has 2 heterocycles. The monoisotopic (exact) mass is 329 g/mol. The second-order valence-electron chi connectivity index (χ2n) is 6.14. The molecule has 2 N–H and O–H groups in total. The van der Waals surface area contributed by atoms with Crippen molar-refractivity contribution in [1.82, 2.24) is 9.88 Å². The van der Waals surface area contributed by atoms with Crippen LogP contribution in [-0.4, -0.2) is 41.8 Å². The Morgan fingerprint density at radius 1 is 1.25 bits per heavy atom. The van der Waals surface area contributed by atoms with Crippen molar-refractivity contribution in [3.05, 3.63) is 40.2 Å². The maximum Gasteiger partial charge on any atom is 0.352 e. The number of hydrogen-bond acceptors (Lipinski definition) is 4. The average molecular weight is 329 g/mol. The van der Waals surface area contributed by atoms with Crippen LogP contribution in [0, 0.1) is 0 Å². The number of pyridine rings is 1. The highest BCUT2D eigenvalue weighted by Crippen LogP contribution is 2.22. The number of aromatic nitrogens is 1. The van der Waals surface area contributed by atoms with Crippen LogP contribution in [0.5, 0.6) is 0 Å². The Hall–Kier alpha value is -2.34. The van der Waals surface area contributed by atoms with Gasteiger partial charge < -0.3 is 19.9 Å². The van der Waals surface area contributed by atoms with Gasteiger partial charge in [-0.2, -0.15) is 0 Å². The van der Waals surface area contributed by atoms with E-state index in [1.165, 1.54) is 6.07 Å². The summed E-state index contributed by atoms with van der Waals surface area (Å²) in [6.07, 6.45) is 1.83. The van der Waals surface area contributed by atoms with Gasteiger partial charge in [-0.1, -0.05) is 13.3 Å². The summed E-state index contributed by atoms with van der Waals surface area (Å²) >= 11 is 0. The molecule has 0 amide bonds. The normalized spacial score (nSPS) is 15.0. The molecule has 6 heteroatoms. The summed E-state index contributed by atoms with van der Waals surface area (Å²) in [5.74, 6) is -1.06. The van der Waals surface area contributed by atoms with Crippen LogP contribution in [0.2, 0.25) is 0 Å². The molecule has 1 aromatic carbocycles. The fraction of sp³-hybridized carbons (Fsp3) is 0.444. The molecule has 0 saturated carbocycles. The number of nitrogens with zero attached hydrogens (tertiary/aromatic N) is 2. The second-order valence-corrected chi connectivity index (χ2v) is 6.14. The number of carbonyl (C=O) groups is 1. The van der Waals surface area contributed by atoms with E-state index in [0.29, 0.717) is 17.4 Å². The minimum atomic E-state index is -1.06. The Morgan fingerprint density at radius 2 is 2.00 bits per heavy atom. The van der Waals surface area contributed by atoms with Crippen LogP contribution in [0.25, 0.3) is 10.9 Å². The summed E-state index contributed by atoms with van der Waals surface area (Å²) in [6.45, 7) is 6.33. The lowest BCUT2D eigenvalue weighted by Gasteiger charge is -2.30. The van der Waals surface area contributed by atoms with Gasteiger partial charge in [0.1, 0.15) is 5.69 Å². The van der Waals surface area contributed by atoms with E-state index in [0.717, 1.165) is 44.7 Å². The Kier molecular flexibility index (Phi) is 4.85. The van der Waals surface area contributed by atoms with Crippen LogP contribution >= 0.6 is 0 Å². The number of unbranched alkanes of at least 4 members (excludes halogenated alkanes) is 1. The van der Waals surface area contributed by atoms with Gasteiger partial charge in [-0.25, -0.2) is 4.79 Å². The Labute approximate surface area is 140 Å². The van der Waals surface area contributed by atoms with Gasteiger partial charge in [0.15, 0.2) is 5.43 Å². The summed E-state index contributed by atoms with van der Waals surface area (Å²) in [4.78, 5) is 26.2. The van der Waals surface area contributed by atoms with Crippen molar-refractivity contribution in [2.24, 2.45) is 0 Å². The standard InChI is InChI=1S/C18H23N3O3/c1-2-3-8-21-15-11-13(20-9-6-19-7-10-20)4-5-14(15)17(22)12-16(21)18(23)24/h4-5,11-12,19H,2-3,6-10H2,1H3,(H,23,24). The van der Waals surface area contributed by atoms with Gasteiger partial charge >= 0.3 is 5.97 Å². The van der Waals surface area contributed by atoms with Crippen molar-refractivity contribution >= 4 is 22.6 Å². The number of carboxylic acids is 1. The number of fused-ring (bicyclic) bond motifs is 1. The van der Waals surface area contributed by atoms with Crippen LogP contribution in [0.1, 0.15) is 30.3 Å². The van der Waals surface area contributed by atoms with Gasteiger partial charge in [0, 0.05) is 49.9 Å². The van der Waals surface area contributed by atoms with Gasteiger partial charge in [0.05, 0.1) is 5.52 Å². The van der Waals surface area contributed by atoms with Crippen molar-refractivity contribution in [3.8, 4) is 0 Å². The van der Waals surface area contributed by atoms with Crippen molar-refractivity contribution in [2.75, 3.05) is 31.1 Å². The van der Waals surface area contributed by atoms with Gasteiger partial charge in [-0.3, -0.25) is 4.79 Å². The summed E-state index contributed by atoms with van der Waals surface area (Å²) in [5, 5.41) is 13.4. The Morgan fingerprint density at radius 3 is 2.67 bits per heavy atom. The first-order valence-corrected chi connectivity index (χ1v) is 8.48. The highest BCUT2D eigenvalue weighted by molar-refractivity contribution is 5.91. The van der Waals surface area contributed by atoms with E-state index in [4.69, 9.17) is 0 Å². The van der Waals surface area contributed by atoms with Crippen molar-refractivity contribution in [2.45, 2.75) is 26.3 Å². The zero-order chi connectivity index (χ0) is 17.1. The van der Waals surface area contributed by atoms with Crippen LogP contribution in [0.4, 0.5) is 5.69 Å². The lowest BCUT2D eigenvalue weighted by atomic mass is 10.1. The third-order valence-electron chi connectivity index (χ3n) is 4.53. The third-order valence-corrected chi connectivity index (χ3v) is 4.53. The molecule has 0 radical (unpaired) electrons. The minimum absolute atomic E-state index is 0.0680. The predicted molar refractivity (Wildman–Crippen MR) is 95.2 cm³/mol. The topological polar surface area (TPSA) is 74.6 Å². The first-order chi connectivity index (χ1) is 11.6. The minimum Gasteiger partial charge on any atom is -0.477 e. The Bertz CT molecular complexity index is 807. The van der Waals surface area contributed by atoms with E-state index in [-0.39, 0.29) is 11.1 Å². The van der Waals surface area contributed by atoms with E-state index in [9.17, 15) is 14.7 Å². The lowest BCUT2D eigenvalue weighted by Crippen LogP contribution is -2.43. The number of piperazine rings is 1. The van der Waals surface area contributed by atoms with Crippen LogP contribution in [0.15, 0.2) is 29.1 Å². The molecule has 24 heavy (non-hydrogen) atoms. The van der Waals surface area contributed by atoms with Gasteiger partial charge in [0.2, 0.25) is 0 Å². The zero-order valence-electron chi connectivity index (χ0n) is 13.9. The van der Waals surface area contributed by atoms with Crippen LogP contribution in [-0.2, 0) is 6.54 Å². The van der Waals surface area contributed by atoms with E-state index < -0.39 is 5.97 Å². The fourth-order valence-electron chi connectivity index (χ4n) is 3.22. The van der Waals surface area contributed by atoms with Crippen LogP contribution < -0.4 is 15.6 Å². The van der Waals surface area contributed by atoms with E-state index in [2.05, 4.69) is 17.1 Å². The number of carboxylic acid groups (broad SMARTS) is 1. The quantitative estimate of drug-likeness (QED) is 0.876. The molecule has 1 fully saturated rings. The molecule has 1 aliphatic heterocycles. The van der Waals surface area contributed by atoms with Crippen molar-refractivity contribution in [1.29, 1.82) is 0 Å². The van der Waals surface area contributed by atoms with Crippen molar-refractivity contribution in [3.63, 3.8) is 0 Å². The fourth-order valence-corrected chi connectivity index (χ4v) is 3.22. The number of rotatable bonds is 5. The second kappa shape index (κ2) is 7.05. The molecule has 0 spiro atoms. The number of aromatic carboxylic acids is 1. The average Bonchev–Trinajstić information content (AvgIpc) is 2.61. The van der Waals surface area contributed by atoms with E-state index in [1.807, 2.05) is 18.2 Å². The lowest BCUT2D eigenvalue weighted by molar-refractivity contribution is 0.0684. The molecule has 1 saturated heterocycles. The summed E-state index contributed by atoms with van der Waals surface area (Å²) in [7, 11) is 0. The van der Waals surface area contributed by atoms with Gasteiger partial charge in [0.25, 0.3) is 0 Å². The maximum atomic E-state index is 12.3. The van der Waals surface area contributed by atoms with Crippen LogP contribution in [0.3, 0.4) is 0 Å². The molecule has 0 bridgehead atoms. The SMILES string of the molecule is CCCCn1c(C(=O)O)cc(=O)c2ccc(N3CCNCC3)cc21. The highest BCUT2D eigenvalue weighted by atomic mass is 16.4. The van der Waals surface area contributed by atoms with E-state index >= 15 is 0 Å². The summed E-state index contributed by atoms with van der Waals surface area (Å²) in [6, 6.07) is 6.98. The van der Waals surface area contributed by atoms with E-state index in [1.54, 1.807) is 4.57 Å². The first-order valence-electron chi connectivity index (χ1n) is 8.48. The smallest absolute Gasteiger partial charge is 0.352 e. The Balaban J connectivity index is 2.16. The number of nitrogens with one attached hydrogen (secondary N) is 1. The molecule has 128 valence electrons. The number of anilines is 1. The van der Waals surface area contributed by atoms with Gasteiger partial charge in [-0.05, 0) is 24.6 Å². The molecule has 0 aliphatic carbocycles. The molecular formula is C18H23N3O3. The molecule has 2 aromatic rings. The molecule has 1 aliphatic rings. The molecule has 3 rings (SSSR count). The number of aryl methyl sites for hydroxylation is 1. The molecule has 0 unspecified atom stereocenters. The number of benzene rings is 1.